The first-order valence-electron chi connectivity index (χ1n) is 4.05. The Kier molecular flexibility index (Phi) is 3.71. The molecule has 0 aliphatic rings. The van der Waals surface area contributed by atoms with E-state index in [0.717, 1.165) is 0 Å². The van der Waals surface area contributed by atoms with Gasteiger partial charge in [-0.2, -0.15) is 0 Å². The third-order valence-electron chi connectivity index (χ3n) is 1.76. The number of halogens is 4. The molecule has 6 heteroatoms. The fourth-order valence-corrected chi connectivity index (χ4v) is 1.23. The van der Waals surface area contributed by atoms with E-state index in [-0.39, 0.29) is 13.0 Å². The van der Waals surface area contributed by atoms with Crippen LogP contribution in [-0.2, 0) is 0 Å². The molecule has 0 radical (unpaired) electrons. The zero-order chi connectivity index (χ0) is 11.6. The molecule has 0 amide bonds. The van der Waals surface area contributed by atoms with Crippen molar-refractivity contribution in [2.75, 3.05) is 6.54 Å². The third-order valence-corrected chi connectivity index (χ3v) is 2.11. The number of rotatable bonds is 3. The number of Topliss-reactive ketones (excluding diaryl/α,β-unsaturated/α-hetero) is 1. The molecular weight excluding hydrogens is 231 g/mol. The number of hydrogen-bond acceptors (Lipinski definition) is 2. The Labute approximate surface area is 88.8 Å². The third kappa shape index (κ3) is 2.30. The van der Waals surface area contributed by atoms with E-state index in [0.29, 0.717) is 6.07 Å². The highest BCUT2D eigenvalue weighted by Crippen LogP contribution is 2.25. The summed E-state index contributed by atoms with van der Waals surface area (Å²) in [5.41, 5.74) is 4.22. The number of hydrogen-bond donors (Lipinski definition) is 1. The van der Waals surface area contributed by atoms with Gasteiger partial charge in [-0.1, -0.05) is 11.6 Å². The van der Waals surface area contributed by atoms with Crippen LogP contribution in [0.4, 0.5) is 13.2 Å². The normalized spacial score (nSPS) is 10.5. The summed E-state index contributed by atoms with van der Waals surface area (Å²) in [6.07, 6.45) is -0.226. The summed E-state index contributed by atoms with van der Waals surface area (Å²) in [6.45, 7) is -0.0489. The number of benzene rings is 1. The van der Waals surface area contributed by atoms with Crippen molar-refractivity contribution in [3.05, 3.63) is 34.1 Å². The maximum Gasteiger partial charge on any atom is 0.170 e. The lowest BCUT2D eigenvalue weighted by molar-refractivity contribution is 0.0977. The van der Waals surface area contributed by atoms with Crippen molar-refractivity contribution in [1.29, 1.82) is 0 Å². The molecule has 0 saturated heterocycles. The minimum atomic E-state index is -1.38. The minimum Gasteiger partial charge on any atom is -0.330 e. The molecular formula is C9H7ClF3NO. The molecule has 0 unspecified atom stereocenters. The zero-order valence-electron chi connectivity index (χ0n) is 7.49. The van der Waals surface area contributed by atoms with Gasteiger partial charge in [-0.05, 0) is 6.54 Å². The van der Waals surface area contributed by atoms with Crippen LogP contribution in [-0.4, -0.2) is 12.3 Å². The summed E-state index contributed by atoms with van der Waals surface area (Å²) in [5, 5.41) is -0.892. The molecule has 0 heterocycles. The molecule has 0 bridgehead atoms. The van der Waals surface area contributed by atoms with Crippen LogP contribution >= 0.6 is 11.6 Å². The summed E-state index contributed by atoms with van der Waals surface area (Å²) in [5.74, 6) is -4.73. The van der Waals surface area contributed by atoms with E-state index in [4.69, 9.17) is 17.3 Å². The maximum absolute atomic E-state index is 13.2. The number of nitrogens with two attached hydrogens (primary N) is 1. The Morgan fingerprint density at radius 3 is 2.47 bits per heavy atom. The summed E-state index contributed by atoms with van der Waals surface area (Å²) in [6, 6.07) is 0.370. The standard InChI is InChI=1S/C9H7ClF3NO/c10-8-5(12)3-4(11)7(9(8)13)6(15)1-2-14/h3H,1-2,14H2. The second kappa shape index (κ2) is 4.63. The smallest absolute Gasteiger partial charge is 0.170 e. The molecule has 0 fully saturated rings. The lowest BCUT2D eigenvalue weighted by atomic mass is 10.1. The van der Waals surface area contributed by atoms with Crippen LogP contribution in [0.1, 0.15) is 16.8 Å². The van der Waals surface area contributed by atoms with E-state index >= 15 is 0 Å². The molecule has 0 saturated carbocycles. The van der Waals surface area contributed by atoms with Crippen LogP contribution < -0.4 is 5.73 Å². The minimum absolute atomic E-state index is 0.0489. The predicted molar refractivity (Wildman–Crippen MR) is 49.3 cm³/mol. The van der Waals surface area contributed by atoms with Crippen molar-refractivity contribution >= 4 is 17.4 Å². The molecule has 0 aliphatic carbocycles. The summed E-state index contributed by atoms with van der Waals surface area (Å²) < 4.78 is 39.0. The summed E-state index contributed by atoms with van der Waals surface area (Å²) >= 11 is 5.20. The number of ketones is 1. The zero-order valence-corrected chi connectivity index (χ0v) is 8.24. The summed E-state index contributed by atoms with van der Waals surface area (Å²) in [4.78, 5) is 11.2. The topological polar surface area (TPSA) is 43.1 Å². The molecule has 2 N–H and O–H groups in total. The van der Waals surface area contributed by atoms with Crippen molar-refractivity contribution in [3.63, 3.8) is 0 Å². The Morgan fingerprint density at radius 1 is 1.33 bits per heavy atom. The highest BCUT2D eigenvalue weighted by molar-refractivity contribution is 6.31. The molecule has 1 aromatic rings. The SMILES string of the molecule is NCCC(=O)c1c(F)cc(F)c(Cl)c1F. The Balaban J connectivity index is 3.29. The molecule has 15 heavy (non-hydrogen) atoms. The van der Waals surface area contributed by atoms with E-state index in [9.17, 15) is 18.0 Å². The molecule has 1 rings (SSSR count). The van der Waals surface area contributed by atoms with Gasteiger partial charge < -0.3 is 5.73 Å². The number of carbonyl (C=O) groups excluding carboxylic acids is 1. The maximum atomic E-state index is 13.2. The van der Waals surface area contributed by atoms with Gasteiger partial charge in [0.05, 0.1) is 5.56 Å². The lowest BCUT2D eigenvalue weighted by Gasteiger charge is -2.05. The first-order chi connectivity index (χ1) is 6.99. The molecule has 0 aliphatic heterocycles. The van der Waals surface area contributed by atoms with Gasteiger partial charge in [-0.15, -0.1) is 0 Å². The second-order valence-electron chi connectivity index (χ2n) is 2.81. The van der Waals surface area contributed by atoms with E-state index in [1.165, 1.54) is 0 Å². The highest BCUT2D eigenvalue weighted by Gasteiger charge is 2.22. The summed E-state index contributed by atoms with van der Waals surface area (Å²) in [7, 11) is 0. The van der Waals surface area contributed by atoms with Crippen LogP contribution in [0.2, 0.25) is 5.02 Å². The van der Waals surface area contributed by atoms with Crippen molar-refractivity contribution in [2.45, 2.75) is 6.42 Å². The quantitative estimate of drug-likeness (QED) is 0.498. The van der Waals surface area contributed by atoms with Crippen LogP contribution in [0.15, 0.2) is 6.07 Å². The Morgan fingerprint density at radius 2 is 1.93 bits per heavy atom. The molecule has 82 valence electrons. The van der Waals surface area contributed by atoms with Crippen LogP contribution in [0.3, 0.4) is 0 Å². The fraction of sp³-hybridized carbons (Fsp3) is 0.222. The van der Waals surface area contributed by atoms with Gasteiger partial charge in [-0.25, -0.2) is 13.2 Å². The van der Waals surface area contributed by atoms with Crippen LogP contribution in [0, 0.1) is 17.5 Å². The lowest BCUT2D eigenvalue weighted by Crippen LogP contribution is -2.12. The van der Waals surface area contributed by atoms with Gasteiger partial charge in [0, 0.05) is 12.5 Å². The van der Waals surface area contributed by atoms with Crippen molar-refractivity contribution in [2.24, 2.45) is 5.73 Å². The Hall–Kier alpha value is -1.07. The van der Waals surface area contributed by atoms with Gasteiger partial charge in [0.1, 0.15) is 16.7 Å². The predicted octanol–water partition coefficient (Wildman–Crippen LogP) is 2.29. The van der Waals surface area contributed by atoms with Gasteiger partial charge in [-0.3, -0.25) is 4.79 Å². The van der Waals surface area contributed by atoms with E-state index < -0.39 is 33.8 Å². The Bertz CT molecular complexity index is 409. The molecule has 2 nitrogen and oxygen atoms in total. The highest BCUT2D eigenvalue weighted by atomic mass is 35.5. The van der Waals surface area contributed by atoms with Gasteiger partial charge >= 0.3 is 0 Å². The van der Waals surface area contributed by atoms with E-state index in [1.54, 1.807) is 0 Å². The average molecular weight is 238 g/mol. The monoisotopic (exact) mass is 237 g/mol. The average Bonchev–Trinajstić information content (AvgIpc) is 2.15. The molecule has 0 spiro atoms. The molecule has 1 aromatic carbocycles. The van der Waals surface area contributed by atoms with Gasteiger partial charge in [0.2, 0.25) is 0 Å². The first-order valence-corrected chi connectivity index (χ1v) is 4.43. The molecule has 0 atom stereocenters. The second-order valence-corrected chi connectivity index (χ2v) is 3.18. The van der Waals surface area contributed by atoms with Gasteiger partial charge in [0.15, 0.2) is 11.6 Å². The molecule has 0 aromatic heterocycles. The van der Waals surface area contributed by atoms with Crippen molar-refractivity contribution in [1.82, 2.24) is 0 Å². The first kappa shape index (κ1) is 12.0. The van der Waals surface area contributed by atoms with Gasteiger partial charge in [0.25, 0.3) is 0 Å². The van der Waals surface area contributed by atoms with Crippen molar-refractivity contribution in [3.8, 4) is 0 Å². The van der Waals surface area contributed by atoms with Crippen LogP contribution in [0.25, 0.3) is 0 Å². The largest absolute Gasteiger partial charge is 0.330 e. The number of carbonyl (C=O) groups is 1. The van der Waals surface area contributed by atoms with Crippen molar-refractivity contribution < 1.29 is 18.0 Å². The van der Waals surface area contributed by atoms with E-state index in [2.05, 4.69) is 0 Å². The van der Waals surface area contributed by atoms with Crippen LogP contribution in [0.5, 0.6) is 0 Å². The van der Waals surface area contributed by atoms with E-state index in [1.807, 2.05) is 0 Å². The fourth-order valence-electron chi connectivity index (χ4n) is 1.08.